The molecule has 12 heavy (non-hydrogen) atoms. The molecule has 0 fully saturated rings. The Hall–Kier alpha value is -1.23. The van der Waals surface area contributed by atoms with E-state index in [0.29, 0.717) is 16.2 Å². The van der Waals surface area contributed by atoms with Crippen LogP contribution in [0.25, 0.3) is 11.0 Å². The number of halogens is 1. The fraction of sp³-hybridized carbons (Fsp3) is 0. The minimum atomic E-state index is 0.444. The molecule has 2 aromatic heterocycles. The van der Waals surface area contributed by atoms with E-state index in [1.54, 1.807) is 12.3 Å². The van der Waals surface area contributed by atoms with Crippen molar-refractivity contribution in [3.63, 3.8) is 0 Å². The molecule has 0 atom stereocenters. The molecule has 0 spiro atoms. The second-order valence-electron chi connectivity index (χ2n) is 2.25. The van der Waals surface area contributed by atoms with Crippen molar-refractivity contribution in [2.75, 3.05) is 5.73 Å². The fourth-order valence-electron chi connectivity index (χ4n) is 0.958. The standard InChI is InChI=1S/C7H5BrN4/c8-7-11-5(9)4-2-1-3-10-6(4)12-7/h1-3H,(H2,9,10,11,12). The lowest BCUT2D eigenvalue weighted by Crippen LogP contribution is -1.95. The van der Waals surface area contributed by atoms with Crippen LogP contribution in [0.1, 0.15) is 0 Å². The van der Waals surface area contributed by atoms with Gasteiger partial charge >= 0.3 is 0 Å². The van der Waals surface area contributed by atoms with Crippen LogP contribution in [0.4, 0.5) is 5.82 Å². The van der Waals surface area contributed by atoms with Gasteiger partial charge in [-0.3, -0.25) is 0 Å². The summed E-state index contributed by atoms with van der Waals surface area (Å²) in [6.07, 6.45) is 1.67. The van der Waals surface area contributed by atoms with Crippen LogP contribution in [0.5, 0.6) is 0 Å². The highest BCUT2D eigenvalue weighted by Gasteiger charge is 2.01. The van der Waals surface area contributed by atoms with Crippen molar-refractivity contribution >= 4 is 32.8 Å². The molecule has 60 valence electrons. The van der Waals surface area contributed by atoms with E-state index in [9.17, 15) is 0 Å². The molecule has 0 unspecified atom stereocenters. The van der Waals surface area contributed by atoms with Gasteiger partial charge in [0.05, 0.1) is 5.39 Å². The Labute approximate surface area is 77.0 Å². The fourth-order valence-corrected chi connectivity index (χ4v) is 1.32. The van der Waals surface area contributed by atoms with Crippen LogP contribution < -0.4 is 5.73 Å². The van der Waals surface area contributed by atoms with E-state index in [1.807, 2.05) is 6.07 Å². The molecule has 0 radical (unpaired) electrons. The summed E-state index contributed by atoms with van der Waals surface area (Å²) in [5.74, 6) is 0.444. The summed E-state index contributed by atoms with van der Waals surface area (Å²) in [5, 5.41) is 0.778. The van der Waals surface area contributed by atoms with E-state index in [0.717, 1.165) is 5.39 Å². The van der Waals surface area contributed by atoms with Crippen LogP contribution >= 0.6 is 15.9 Å². The number of hydrogen-bond donors (Lipinski definition) is 1. The number of nitrogen functional groups attached to an aromatic ring is 1. The van der Waals surface area contributed by atoms with E-state index in [4.69, 9.17) is 5.73 Å². The van der Waals surface area contributed by atoms with E-state index in [1.165, 1.54) is 0 Å². The summed E-state index contributed by atoms with van der Waals surface area (Å²) in [4.78, 5) is 12.0. The van der Waals surface area contributed by atoms with E-state index in [2.05, 4.69) is 30.9 Å². The topological polar surface area (TPSA) is 64.7 Å². The highest BCUT2D eigenvalue weighted by atomic mass is 79.9. The van der Waals surface area contributed by atoms with Gasteiger partial charge in [-0.15, -0.1) is 0 Å². The SMILES string of the molecule is Nc1nc(Br)nc2ncccc12. The summed E-state index contributed by atoms with van der Waals surface area (Å²) in [6, 6.07) is 3.64. The normalized spacial score (nSPS) is 10.4. The average molecular weight is 225 g/mol. The lowest BCUT2D eigenvalue weighted by Gasteiger charge is -1.98. The van der Waals surface area contributed by atoms with Gasteiger partial charge in [0.1, 0.15) is 5.82 Å². The number of rotatable bonds is 0. The largest absolute Gasteiger partial charge is 0.383 e. The number of nitrogens with zero attached hydrogens (tertiary/aromatic N) is 3. The van der Waals surface area contributed by atoms with Gasteiger partial charge in [-0.05, 0) is 28.1 Å². The maximum Gasteiger partial charge on any atom is 0.200 e. The molecule has 5 heteroatoms. The molecule has 0 aliphatic heterocycles. The van der Waals surface area contributed by atoms with E-state index >= 15 is 0 Å². The van der Waals surface area contributed by atoms with Gasteiger partial charge in [-0.1, -0.05) is 0 Å². The molecule has 2 aromatic rings. The van der Waals surface area contributed by atoms with Gasteiger partial charge in [0.2, 0.25) is 4.73 Å². The monoisotopic (exact) mass is 224 g/mol. The average Bonchev–Trinajstić information content (AvgIpc) is 2.04. The predicted octanol–water partition coefficient (Wildman–Crippen LogP) is 1.37. The highest BCUT2D eigenvalue weighted by Crippen LogP contribution is 2.16. The molecule has 2 heterocycles. The Kier molecular flexibility index (Phi) is 1.65. The number of anilines is 1. The molecule has 0 amide bonds. The Morgan fingerprint density at radius 3 is 3.00 bits per heavy atom. The lowest BCUT2D eigenvalue weighted by atomic mass is 10.3. The third-order valence-electron chi connectivity index (χ3n) is 1.47. The van der Waals surface area contributed by atoms with Crippen molar-refractivity contribution in [3.05, 3.63) is 23.1 Å². The molecule has 0 bridgehead atoms. The molecule has 0 saturated carbocycles. The van der Waals surface area contributed by atoms with Crippen LogP contribution in [0.2, 0.25) is 0 Å². The van der Waals surface area contributed by atoms with Gasteiger partial charge in [0.15, 0.2) is 5.65 Å². The Balaban J connectivity index is 2.89. The van der Waals surface area contributed by atoms with Crippen molar-refractivity contribution in [3.8, 4) is 0 Å². The van der Waals surface area contributed by atoms with E-state index < -0.39 is 0 Å². The maximum atomic E-state index is 5.64. The number of fused-ring (bicyclic) bond motifs is 1. The molecule has 0 aromatic carbocycles. The van der Waals surface area contributed by atoms with Crippen LogP contribution in [0.3, 0.4) is 0 Å². The van der Waals surface area contributed by atoms with Crippen molar-refractivity contribution in [2.45, 2.75) is 0 Å². The number of aromatic nitrogens is 3. The third kappa shape index (κ3) is 1.12. The number of nitrogens with two attached hydrogens (primary N) is 1. The smallest absolute Gasteiger partial charge is 0.200 e. The maximum absolute atomic E-state index is 5.64. The first-order valence-corrected chi connectivity index (χ1v) is 4.10. The van der Waals surface area contributed by atoms with Gasteiger partial charge in [-0.2, -0.15) is 0 Å². The molecule has 2 rings (SSSR count). The van der Waals surface area contributed by atoms with Crippen molar-refractivity contribution < 1.29 is 0 Å². The Morgan fingerprint density at radius 1 is 1.33 bits per heavy atom. The van der Waals surface area contributed by atoms with Gasteiger partial charge < -0.3 is 5.73 Å². The van der Waals surface area contributed by atoms with Crippen LogP contribution in [0.15, 0.2) is 23.1 Å². The van der Waals surface area contributed by atoms with Gasteiger partial charge in [0.25, 0.3) is 0 Å². The molecule has 2 N–H and O–H groups in total. The van der Waals surface area contributed by atoms with Crippen molar-refractivity contribution in [1.82, 2.24) is 15.0 Å². The molecular formula is C7H5BrN4. The summed E-state index contributed by atoms with van der Waals surface area (Å²) in [7, 11) is 0. The summed E-state index contributed by atoms with van der Waals surface area (Å²) >= 11 is 3.14. The predicted molar refractivity (Wildman–Crippen MR) is 49.4 cm³/mol. The third-order valence-corrected chi connectivity index (χ3v) is 1.83. The molecule has 0 aliphatic rings. The van der Waals surface area contributed by atoms with Crippen LogP contribution in [-0.2, 0) is 0 Å². The molecular weight excluding hydrogens is 220 g/mol. The zero-order valence-corrected chi connectivity index (χ0v) is 7.62. The minimum Gasteiger partial charge on any atom is -0.383 e. The molecule has 0 saturated heterocycles. The first kappa shape index (κ1) is 7.42. The molecule has 4 nitrogen and oxygen atoms in total. The quantitative estimate of drug-likeness (QED) is 0.687. The minimum absolute atomic E-state index is 0.444. The Morgan fingerprint density at radius 2 is 2.17 bits per heavy atom. The van der Waals surface area contributed by atoms with Crippen LogP contribution in [0, 0.1) is 0 Å². The second kappa shape index (κ2) is 2.67. The summed E-state index contributed by atoms with van der Waals surface area (Å²) in [5.41, 5.74) is 6.24. The zero-order valence-electron chi connectivity index (χ0n) is 6.03. The summed E-state index contributed by atoms with van der Waals surface area (Å²) < 4.78 is 0.464. The second-order valence-corrected chi connectivity index (χ2v) is 2.96. The molecule has 0 aliphatic carbocycles. The first-order chi connectivity index (χ1) is 5.77. The Bertz CT molecular complexity index is 429. The number of hydrogen-bond acceptors (Lipinski definition) is 4. The van der Waals surface area contributed by atoms with Crippen LogP contribution in [-0.4, -0.2) is 15.0 Å². The van der Waals surface area contributed by atoms with Gasteiger partial charge in [-0.25, -0.2) is 15.0 Å². The zero-order chi connectivity index (χ0) is 8.55. The van der Waals surface area contributed by atoms with Crippen molar-refractivity contribution in [2.24, 2.45) is 0 Å². The highest BCUT2D eigenvalue weighted by molar-refractivity contribution is 9.10. The summed E-state index contributed by atoms with van der Waals surface area (Å²) in [6.45, 7) is 0. The van der Waals surface area contributed by atoms with Gasteiger partial charge in [0, 0.05) is 6.20 Å². The van der Waals surface area contributed by atoms with Crippen molar-refractivity contribution in [1.29, 1.82) is 0 Å². The van der Waals surface area contributed by atoms with E-state index in [-0.39, 0.29) is 0 Å². The lowest BCUT2D eigenvalue weighted by molar-refractivity contribution is 1.14. The number of pyridine rings is 1. The first-order valence-electron chi connectivity index (χ1n) is 3.31.